The summed E-state index contributed by atoms with van der Waals surface area (Å²) in [7, 11) is 0. The van der Waals surface area contributed by atoms with Gasteiger partial charge in [0.15, 0.2) is 5.78 Å². The lowest BCUT2D eigenvalue weighted by Gasteiger charge is -2.29. The van der Waals surface area contributed by atoms with Crippen LogP contribution in [0, 0.1) is 0 Å². The van der Waals surface area contributed by atoms with Crippen molar-refractivity contribution in [1.82, 2.24) is 20.5 Å². The van der Waals surface area contributed by atoms with E-state index in [1.165, 1.54) is 6.20 Å². The van der Waals surface area contributed by atoms with Crippen molar-refractivity contribution in [2.75, 3.05) is 32.9 Å². The fourth-order valence-electron chi connectivity index (χ4n) is 4.30. The highest BCUT2D eigenvalue weighted by atomic mass is 16.5. The van der Waals surface area contributed by atoms with Crippen LogP contribution in [0.5, 0.6) is 5.75 Å². The molecule has 39 heavy (non-hydrogen) atoms. The molecule has 204 valence electrons. The molecule has 0 bridgehead atoms. The number of nitrogens with zero attached hydrogens (tertiary/aromatic N) is 2. The van der Waals surface area contributed by atoms with Gasteiger partial charge in [-0.2, -0.15) is 0 Å². The van der Waals surface area contributed by atoms with Crippen molar-refractivity contribution in [2.45, 2.75) is 31.3 Å². The van der Waals surface area contributed by atoms with E-state index in [-0.39, 0.29) is 24.8 Å². The molecule has 0 unspecified atom stereocenters. The monoisotopic (exact) mass is 530 g/mol. The van der Waals surface area contributed by atoms with E-state index >= 15 is 0 Å². The molecule has 9 heteroatoms. The third-order valence-corrected chi connectivity index (χ3v) is 6.48. The highest BCUT2D eigenvalue weighted by molar-refractivity contribution is 5.93. The molecule has 2 N–H and O–H groups in total. The number of ether oxygens (including phenoxy) is 2. The van der Waals surface area contributed by atoms with E-state index in [2.05, 4.69) is 15.6 Å². The van der Waals surface area contributed by atoms with Crippen molar-refractivity contribution in [2.24, 2.45) is 0 Å². The molecule has 0 spiro atoms. The number of Topliss-reactive ketones (excluding diaryl/α,β-unsaturated/α-hetero) is 1. The van der Waals surface area contributed by atoms with Gasteiger partial charge in [-0.25, -0.2) is 4.79 Å². The summed E-state index contributed by atoms with van der Waals surface area (Å²) in [5.41, 5.74) is 1.95. The number of pyridine rings is 1. The van der Waals surface area contributed by atoms with E-state index in [4.69, 9.17) is 9.47 Å². The van der Waals surface area contributed by atoms with Crippen molar-refractivity contribution in [3.63, 3.8) is 0 Å². The highest BCUT2D eigenvalue weighted by Crippen LogP contribution is 2.11. The SMILES string of the molecule is O=C(COc1cccnc1)[C@H](CCc1ccccc1)NC(=O)[C@H](Cc1ccccc1)NC(=O)N1CCOCC1. The van der Waals surface area contributed by atoms with E-state index in [0.717, 1.165) is 11.1 Å². The Morgan fingerprint density at radius 3 is 2.23 bits per heavy atom. The first-order chi connectivity index (χ1) is 19.1. The van der Waals surface area contributed by atoms with Crippen LogP contribution < -0.4 is 15.4 Å². The zero-order valence-corrected chi connectivity index (χ0v) is 21.8. The van der Waals surface area contributed by atoms with Crippen LogP contribution in [-0.2, 0) is 27.2 Å². The van der Waals surface area contributed by atoms with Gasteiger partial charge < -0.3 is 25.0 Å². The number of benzene rings is 2. The average molecular weight is 531 g/mol. The van der Waals surface area contributed by atoms with Gasteiger partial charge in [-0.3, -0.25) is 14.6 Å². The van der Waals surface area contributed by atoms with Crippen molar-refractivity contribution in [1.29, 1.82) is 0 Å². The standard InChI is InChI=1S/C30H34N4O5/c35-28(22-39-25-12-7-15-31-21-25)26(14-13-23-8-3-1-4-9-23)32-29(36)27(20-24-10-5-2-6-11-24)33-30(37)34-16-18-38-19-17-34/h1-12,15,21,26-27H,13-14,16-20,22H2,(H,32,36)(H,33,37)/t26-,27-/m0/s1. The highest BCUT2D eigenvalue weighted by Gasteiger charge is 2.29. The Balaban J connectivity index is 1.47. The second-order valence-corrected chi connectivity index (χ2v) is 9.32. The van der Waals surface area contributed by atoms with Crippen molar-refractivity contribution >= 4 is 17.7 Å². The Bertz CT molecular complexity index is 1190. The molecule has 3 amide bonds. The summed E-state index contributed by atoms with van der Waals surface area (Å²) in [6.45, 7) is 1.60. The van der Waals surface area contributed by atoms with Gasteiger partial charge in [0.25, 0.3) is 0 Å². The number of aryl methyl sites for hydroxylation is 1. The van der Waals surface area contributed by atoms with Crippen LogP contribution >= 0.6 is 0 Å². The molecule has 1 fully saturated rings. The second kappa shape index (κ2) is 14.6. The van der Waals surface area contributed by atoms with E-state index in [9.17, 15) is 14.4 Å². The number of hydrogen-bond donors (Lipinski definition) is 2. The van der Waals surface area contributed by atoms with Gasteiger partial charge in [-0.1, -0.05) is 60.7 Å². The number of rotatable bonds is 12. The normalized spacial score (nSPS) is 14.6. The van der Waals surface area contributed by atoms with Gasteiger partial charge in [0.1, 0.15) is 18.4 Å². The number of aromatic nitrogens is 1. The van der Waals surface area contributed by atoms with Gasteiger partial charge in [0.2, 0.25) is 5.91 Å². The topological polar surface area (TPSA) is 110 Å². The smallest absolute Gasteiger partial charge is 0.318 e. The van der Waals surface area contributed by atoms with E-state index in [1.54, 1.807) is 23.2 Å². The molecule has 0 aliphatic carbocycles. The molecule has 9 nitrogen and oxygen atoms in total. The van der Waals surface area contributed by atoms with E-state index < -0.39 is 18.0 Å². The minimum absolute atomic E-state index is 0.213. The number of hydrogen-bond acceptors (Lipinski definition) is 6. The van der Waals surface area contributed by atoms with Crippen LogP contribution in [0.1, 0.15) is 17.5 Å². The van der Waals surface area contributed by atoms with Gasteiger partial charge >= 0.3 is 6.03 Å². The number of carbonyl (C=O) groups is 3. The van der Waals surface area contributed by atoms with Crippen LogP contribution in [-0.4, -0.2) is 72.6 Å². The number of ketones is 1. The molecular formula is C30H34N4O5. The summed E-state index contributed by atoms with van der Waals surface area (Å²) in [6.07, 6.45) is 4.42. The zero-order valence-electron chi connectivity index (χ0n) is 21.8. The third kappa shape index (κ3) is 8.93. The summed E-state index contributed by atoms with van der Waals surface area (Å²) >= 11 is 0. The lowest BCUT2D eigenvalue weighted by molar-refractivity contribution is -0.130. The summed E-state index contributed by atoms with van der Waals surface area (Å²) in [5.74, 6) is -0.215. The maximum atomic E-state index is 13.6. The van der Waals surface area contributed by atoms with E-state index in [0.29, 0.717) is 44.9 Å². The molecular weight excluding hydrogens is 496 g/mol. The van der Waals surface area contributed by atoms with E-state index in [1.807, 2.05) is 60.7 Å². The first-order valence-electron chi connectivity index (χ1n) is 13.2. The number of urea groups is 1. The van der Waals surface area contributed by atoms with Crippen LogP contribution in [0.15, 0.2) is 85.2 Å². The molecule has 1 aliphatic rings. The molecule has 0 radical (unpaired) electrons. The van der Waals surface area contributed by atoms with Crippen LogP contribution in [0.25, 0.3) is 0 Å². The molecule has 2 atom stereocenters. The molecule has 1 aromatic heterocycles. The zero-order chi connectivity index (χ0) is 27.3. The van der Waals surface area contributed by atoms with Gasteiger partial charge in [0, 0.05) is 25.7 Å². The lowest BCUT2D eigenvalue weighted by atomic mass is 10.0. The molecule has 3 aromatic rings. The van der Waals surface area contributed by atoms with Crippen LogP contribution in [0.2, 0.25) is 0 Å². The minimum atomic E-state index is -0.867. The fraction of sp³-hybridized carbons (Fsp3) is 0.333. The Hall–Kier alpha value is -4.24. The van der Waals surface area contributed by atoms with Crippen LogP contribution in [0.4, 0.5) is 4.79 Å². The summed E-state index contributed by atoms with van der Waals surface area (Å²) in [4.78, 5) is 45.5. The Labute approximate surface area is 228 Å². The summed E-state index contributed by atoms with van der Waals surface area (Å²) in [6, 6.07) is 20.7. The third-order valence-electron chi connectivity index (χ3n) is 6.48. The first-order valence-corrected chi connectivity index (χ1v) is 13.2. The Morgan fingerprint density at radius 1 is 0.872 bits per heavy atom. The fourth-order valence-corrected chi connectivity index (χ4v) is 4.30. The predicted octanol–water partition coefficient (Wildman–Crippen LogP) is 2.80. The quantitative estimate of drug-likeness (QED) is 0.373. The maximum absolute atomic E-state index is 13.6. The number of morpholine rings is 1. The summed E-state index contributed by atoms with van der Waals surface area (Å²) in [5, 5.41) is 5.79. The number of carbonyl (C=O) groups excluding carboxylic acids is 3. The van der Waals surface area contributed by atoms with Gasteiger partial charge in [0.05, 0.1) is 25.5 Å². The minimum Gasteiger partial charge on any atom is -0.484 e. The molecule has 1 saturated heterocycles. The van der Waals surface area contributed by atoms with Crippen molar-refractivity contribution < 1.29 is 23.9 Å². The lowest BCUT2D eigenvalue weighted by Crippen LogP contribution is -2.56. The molecule has 1 aliphatic heterocycles. The molecule has 0 saturated carbocycles. The van der Waals surface area contributed by atoms with Crippen LogP contribution in [0.3, 0.4) is 0 Å². The molecule has 4 rings (SSSR count). The molecule has 2 heterocycles. The molecule has 2 aromatic carbocycles. The average Bonchev–Trinajstić information content (AvgIpc) is 2.99. The maximum Gasteiger partial charge on any atom is 0.318 e. The van der Waals surface area contributed by atoms with Gasteiger partial charge in [-0.15, -0.1) is 0 Å². The predicted molar refractivity (Wildman–Crippen MR) is 146 cm³/mol. The number of amides is 3. The van der Waals surface area contributed by atoms with Gasteiger partial charge in [-0.05, 0) is 36.1 Å². The van der Waals surface area contributed by atoms with Crippen molar-refractivity contribution in [3.05, 3.63) is 96.3 Å². The Morgan fingerprint density at radius 2 is 1.56 bits per heavy atom. The number of nitrogens with one attached hydrogen (secondary N) is 2. The Kier molecular flexibility index (Phi) is 10.4. The second-order valence-electron chi connectivity index (χ2n) is 9.32. The first kappa shape index (κ1) is 27.8. The van der Waals surface area contributed by atoms with Crippen molar-refractivity contribution in [3.8, 4) is 5.75 Å². The largest absolute Gasteiger partial charge is 0.484 e. The summed E-state index contributed by atoms with van der Waals surface area (Å²) < 4.78 is 11.0.